The SMILES string of the molecule is c1ccc(-c2cccc3cccc(-c4ccccc4N(c4ccc(-c5ccc6c(c5)oc5ccccc56)cc4)c4ccc5c(c4)c4ccccc4n5-c4ccccc4)c23)cc1. The predicted molar refractivity (Wildman–Crippen MR) is 257 cm³/mol. The Morgan fingerprint density at radius 3 is 1.80 bits per heavy atom. The highest BCUT2D eigenvalue weighted by Gasteiger charge is 2.22. The number of fused-ring (bicyclic) bond motifs is 7. The van der Waals surface area contributed by atoms with Gasteiger partial charge in [-0.1, -0.05) is 158 Å². The van der Waals surface area contributed by atoms with Crippen molar-refractivity contribution in [2.24, 2.45) is 0 Å². The lowest BCUT2D eigenvalue weighted by molar-refractivity contribution is 0.669. The Hall–Kier alpha value is -8.14. The molecule has 2 aromatic heterocycles. The fraction of sp³-hybridized carbons (Fsp3) is 0. The number of rotatable bonds is 7. The molecular formula is C58H38N2O. The van der Waals surface area contributed by atoms with Gasteiger partial charge in [0.15, 0.2) is 0 Å². The lowest BCUT2D eigenvalue weighted by Gasteiger charge is -2.29. The summed E-state index contributed by atoms with van der Waals surface area (Å²) in [6.45, 7) is 0. The van der Waals surface area contributed by atoms with Gasteiger partial charge in [0.05, 0.1) is 16.7 Å². The number of benzene rings is 10. The Bertz CT molecular complexity index is 3580. The molecule has 0 saturated carbocycles. The second kappa shape index (κ2) is 14.3. The summed E-state index contributed by atoms with van der Waals surface area (Å²) < 4.78 is 8.68. The third-order valence-corrected chi connectivity index (χ3v) is 12.2. The fourth-order valence-corrected chi connectivity index (χ4v) is 9.41. The summed E-state index contributed by atoms with van der Waals surface area (Å²) in [6, 6.07) is 83.0. The normalized spacial score (nSPS) is 11.6. The number of hydrogen-bond donors (Lipinski definition) is 0. The maximum atomic E-state index is 6.30. The van der Waals surface area contributed by atoms with Gasteiger partial charge in [-0.25, -0.2) is 0 Å². The second-order valence-electron chi connectivity index (χ2n) is 15.7. The highest BCUT2D eigenvalue weighted by Crippen LogP contribution is 2.46. The van der Waals surface area contributed by atoms with Crippen LogP contribution >= 0.6 is 0 Å². The molecule has 0 fully saturated rings. The van der Waals surface area contributed by atoms with E-state index in [4.69, 9.17) is 4.42 Å². The van der Waals surface area contributed by atoms with E-state index in [2.05, 4.69) is 228 Å². The van der Waals surface area contributed by atoms with Gasteiger partial charge in [-0.2, -0.15) is 0 Å². The number of para-hydroxylation sites is 4. The molecule has 0 bridgehead atoms. The van der Waals surface area contributed by atoms with Gasteiger partial charge in [-0.15, -0.1) is 0 Å². The van der Waals surface area contributed by atoms with Gasteiger partial charge >= 0.3 is 0 Å². The van der Waals surface area contributed by atoms with Crippen molar-refractivity contribution in [1.82, 2.24) is 4.57 Å². The van der Waals surface area contributed by atoms with E-state index in [-0.39, 0.29) is 0 Å². The second-order valence-corrected chi connectivity index (χ2v) is 15.7. The van der Waals surface area contributed by atoms with Gasteiger partial charge < -0.3 is 13.9 Å². The Morgan fingerprint density at radius 1 is 0.344 bits per heavy atom. The third kappa shape index (κ3) is 5.82. The van der Waals surface area contributed by atoms with E-state index in [1.807, 2.05) is 12.1 Å². The lowest BCUT2D eigenvalue weighted by atomic mass is 9.90. The molecule has 0 spiro atoms. The molecule has 2 heterocycles. The van der Waals surface area contributed by atoms with E-state index >= 15 is 0 Å². The minimum atomic E-state index is 0.895. The van der Waals surface area contributed by atoms with Crippen molar-refractivity contribution >= 4 is 71.6 Å². The van der Waals surface area contributed by atoms with Crippen LogP contribution in [0.4, 0.5) is 17.1 Å². The highest BCUT2D eigenvalue weighted by atomic mass is 16.3. The van der Waals surface area contributed by atoms with Gasteiger partial charge in [0.2, 0.25) is 0 Å². The molecular weight excluding hydrogens is 741 g/mol. The van der Waals surface area contributed by atoms with Gasteiger partial charge in [0, 0.05) is 44.2 Å². The van der Waals surface area contributed by atoms with Crippen molar-refractivity contribution in [3.05, 3.63) is 231 Å². The third-order valence-electron chi connectivity index (χ3n) is 12.2. The molecule has 12 aromatic rings. The molecule has 0 amide bonds. The first-order valence-corrected chi connectivity index (χ1v) is 20.8. The van der Waals surface area contributed by atoms with Crippen molar-refractivity contribution in [2.75, 3.05) is 4.90 Å². The molecule has 0 saturated heterocycles. The monoisotopic (exact) mass is 778 g/mol. The minimum Gasteiger partial charge on any atom is -0.456 e. The molecule has 61 heavy (non-hydrogen) atoms. The van der Waals surface area contributed by atoms with E-state index in [0.29, 0.717) is 0 Å². The Kier molecular flexibility index (Phi) is 8.17. The summed E-state index contributed by atoms with van der Waals surface area (Å²) >= 11 is 0. The van der Waals surface area contributed by atoms with Crippen molar-refractivity contribution in [2.45, 2.75) is 0 Å². The van der Waals surface area contributed by atoms with E-state index in [1.165, 1.54) is 49.3 Å². The van der Waals surface area contributed by atoms with Crippen LogP contribution in [-0.2, 0) is 0 Å². The number of hydrogen-bond acceptors (Lipinski definition) is 2. The van der Waals surface area contributed by atoms with Crippen molar-refractivity contribution < 1.29 is 4.42 Å². The van der Waals surface area contributed by atoms with Gasteiger partial charge in [0.1, 0.15) is 11.2 Å². The molecule has 12 rings (SSSR count). The fourth-order valence-electron chi connectivity index (χ4n) is 9.41. The standard InChI is InChI=1S/C58H38N2O/c1-3-15-40(16-4-1)46-24-13-17-41-18-14-25-51(58(41)46)47-21-7-10-26-53(47)59(44-32-29-39(30-33-44)42-31-35-50-49-23-9-12-28-56(49)61-57(50)37-42)45-34-36-55-52(38-45)48-22-8-11-27-54(48)60(55)43-19-5-2-6-20-43/h1-38H. The maximum absolute atomic E-state index is 6.30. The molecule has 3 heteroatoms. The lowest BCUT2D eigenvalue weighted by Crippen LogP contribution is -2.11. The van der Waals surface area contributed by atoms with Crippen LogP contribution in [0.25, 0.3) is 93.6 Å². The van der Waals surface area contributed by atoms with Crippen molar-refractivity contribution in [1.29, 1.82) is 0 Å². The van der Waals surface area contributed by atoms with E-state index in [1.54, 1.807) is 0 Å². The summed E-state index contributed by atoms with van der Waals surface area (Å²) in [5, 5.41) is 7.13. The molecule has 0 aliphatic rings. The number of anilines is 3. The Labute approximate surface area is 353 Å². The molecule has 0 N–H and O–H groups in total. The van der Waals surface area contributed by atoms with Crippen LogP contribution in [0, 0.1) is 0 Å². The quantitative estimate of drug-likeness (QED) is 0.161. The van der Waals surface area contributed by atoms with Crippen LogP contribution in [0.5, 0.6) is 0 Å². The largest absolute Gasteiger partial charge is 0.456 e. The first-order chi connectivity index (χ1) is 30.3. The molecule has 10 aromatic carbocycles. The number of aromatic nitrogens is 1. The topological polar surface area (TPSA) is 21.3 Å². The highest BCUT2D eigenvalue weighted by molar-refractivity contribution is 6.12. The van der Waals surface area contributed by atoms with E-state index < -0.39 is 0 Å². The summed E-state index contributed by atoms with van der Waals surface area (Å²) in [5.74, 6) is 0. The zero-order valence-electron chi connectivity index (χ0n) is 33.2. The van der Waals surface area contributed by atoms with Crippen molar-refractivity contribution in [3.63, 3.8) is 0 Å². The Balaban J connectivity index is 1.07. The maximum Gasteiger partial charge on any atom is 0.136 e. The van der Waals surface area contributed by atoms with E-state index in [9.17, 15) is 0 Å². The summed E-state index contributed by atoms with van der Waals surface area (Å²) in [4.78, 5) is 2.43. The molecule has 286 valence electrons. The van der Waals surface area contributed by atoms with E-state index in [0.717, 1.165) is 61.4 Å². The van der Waals surface area contributed by atoms with Gasteiger partial charge in [0.25, 0.3) is 0 Å². The molecule has 3 nitrogen and oxygen atoms in total. The summed E-state index contributed by atoms with van der Waals surface area (Å²) in [5.41, 5.74) is 15.5. The zero-order valence-corrected chi connectivity index (χ0v) is 33.2. The van der Waals surface area contributed by atoms with Gasteiger partial charge in [-0.3, -0.25) is 0 Å². The van der Waals surface area contributed by atoms with Crippen LogP contribution in [-0.4, -0.2) is 4.57 Å². The molecule has 0 unspecified atom stereocenters. The number of furan rings is 1. The minimum absolute atomic E-state index is 0.895. The van der Waals surface area contributed by atoms with Crippen LogP contribution in [0.1, 0.15) is 0 Å². The molecule has 0 atom stereocenters. The van der Waals surface area contributed by atoms with Crippen LogP contribution in [0.2, 0.25) is 0 Å². The first kappa shape index (κ1) is 34.9. The molecule has 0 aliphatic carbocycles. The van der Waals surface area contributed by atoms with Crippen LogP contribution < -0.4 is 4.90 Å². The zero-order chi connectivity index (χ0) is 40.3. The first-order valence-electron chi connectivity index (χ1n) is 20.8. The van der Waals surface area contributed by atoms with Gasteiger partial charge in [-0.05, 0) is 111 Å². The molecule has 0 radical (unpaired) electrons. The van der Waals surface area contributed by atoms with Crippen LogP contribution in [0.15, 0.2) is 235 Å². The number of nitrogens with zero attached hydrogens (tertiary/aromatic N) is 2. The van der Waals surface area contributed by atoms with Crippen LogP contribution in [0.3, 0.4) is 0 Å². The average Bonchev–Trinajstić information content (AvgIpc) is 3.87. The molecule has 0 aliphatic heterocycles. The summed E-state index contributed by atoms with van der Waals surface area (Å²) in [6.07, 6.45) is 0. The van der Waals surface area contributed by atoms with Crippen molar-refractivity contribution in [3.8, 4) is 39.1 Å². The Morgan fingerprint density at radius 2 is 0.967 bits per heavy atom. The summed E-state index contributed by atoms with van der Waals surface area (Å²) in [7, 11) is 0. The average molecular weight is 779 g/mol. The predicted octanol–water partition coefficient (Wildman–Crippen LogP) is 16.3. The smallest absolute Gasteiger partial charge is 0.136 e.